The lowest BCUT2D eigenvalue weighted by atomic mass is 10.3. The fourth-order valence-corrected chi connectivity index (χ4v) is 1.63. The minimum atomic E-state index is 1.22. The van der Waals surface area contributed by atoms with Gasteiger partial charge >= 0.3 is 0 Å². The van der Waals surface area contributed by atoms with Crippen molar-refractivity contribution in [3.05, 3.63) is 0 Å². The van der Waals surface area contributed by atoms with Crippen LogP contribution in [-0.2, 0) is 0 Å². The van der Waals surface area contributed by atoms with E-state index in [4.69, 9.17) is 0 Å². The molecule has 0 aliphatic rings. The monoisotopic (exact) mass is 159 g/mol. The first-order chi connectivity index (χ1) is 4.85. The first kappa shape index (κ1) is 10.2. The Morgan fingerprint density at radius 1 is 1.10 bits per heavy atom. The lowest BCUT2D eigenvalue weighted by Gasteiger charge is -2.16. The quantitative estimate of drug-likeness (QED) is 0.411. The Morgan fingerprint density at radius 3 is 2.10 bits per heavy atom. The van der Waals surface area contributed by atoms with Gasteiger partial charge in [-0.2, -0.15) is 0 Å². The molecule has 0 heterocycles. The van der Waals surface area contributed by atoms with Gasteiger partial charge in [0.05, 0.1) is 0 Å². The molecule has 2 heteroatoms. The maximum Gasteiger partial charge on any atom is 0.00279 e. The largest absolute Gasteiger partial charge is 0.304 e. The van der Waals surface area contributed by atoms with Crippen LogP contribution in [0.4, 0.5) is 0 Å². The minimum Gasteiger partial charge on any atom is -0.304 e. The summed E-state index contributed by atoms with van der Waals surface area (Å²) >= 11 is 0. The van der Waals surface area contributed by atoms with E-state index in [0.29, 0.717) is 0 Å². The van der Waals surface area contributed by atoms with Crippen molar-refractivity contribution < 1.29 is 0 Å². The Bertz CT molecular complexity index is 62.3. The van der Waals surface area contributed by atoms with Crippen molar-refractivity contribution >= 4 is 10.2 Å². The zero-order valence-electron chi connectivity index (χ0n) is 7.69. The molecule has 10 heavy (non-hydrogen) atoms. The molecule has 0 aliphatic heterocycles. The number of unbranched alkanes of at least 4 members (excludes halogenated alkanes) is 1. The molecule has 0 aromatic rings. The van der Waals surface area contributed by atoms with Crippen LogP contribution in [0, 0.1) is 0 Å². The van der Waals surface area contributed by atoms with Gasteiger partial charge in [-0.3, -0.25) is 0 Å². The Kier molecular flexibility index (Phi) is 7.41. The summed E-state index contributed by atoms with van der Waals surface area (Å²) in [5, 5.41) is 0. The highest BCUT2D eigenvalue weighted by atomic mass is 28.1. The van der Waals surface area contributed by atoms with Gasteiger partial charge in [0.1, 0.15) is 0 Å². The van der Waals surface area contributed by atoms with Crippen LogP contribution < -0.4 is 0 Å². The Labute approximate surface area is 68.2 Å². The number of nitrogens with zero attached hydrogens (tertiary/aromatic N) is 1. The van der Waals surface area contributed by atoms with Crippen molar-refractivity contribution in [1.82, 2.24) is 4.90 Å². The average Bonchev–Trinajstić information content (AvgIpc) is 1.99. The predicted octanol–water partition coefficient (Wildman–Crippen LogP) is 0.892. The lowest BCUT2D eigenvalue weighted by Crippen LogP contribution is -2.23. The normalized spacial score (nSPS) is 11.1. The van der Waals surface area contributed by atoms with Gasteiger partial charge in [0.2, 0.25) is 0 Å². The van der Waals surface area contributed by atoms with Gasteiger partial charge in [-0.05, 0) is 26.1 Å². The molecule has 0 spiro atoms. The minimum absolute atomic E-state index is 1.22. The number of rotatable bonds is 6. The second kappa shape index (κ2) is 7.29. The number of hydrogen-bond acceptors (Lipinski definition) is 1. The fourth-order valence-electron chi connectivity index (χ4n) is 1.13. The first-order valence-electron chi connectivity index (χ1n) is 4.57. The van der Waals surface area contributed by atoms with Crippen molar-refractivity contribution in [2.24, 2.45) is 0 Å². The molecule has 1 nitrogen and oxygen atoms in total. The van der Waals surface area contributed by atoms with Crippen LogP contribution in [-0.4, -0.2) is 34.8 Å². The van der Waals surface area contributed by atoms with Gasteiger partial charge in [0.15, 0.2) is 0 Å². The van der Waals surface area contributed by atoms with Crippen LogP contribution in [0.15, 0.2) is 0 Å². The van der Waals surface area contributed by atoms with Crippen LogP contribution >= 0.6 is 0 Å². The molecule has 0 rings (SSSR count). The second-order valence-electron chi connectivity index (χ2n) is 2.73. The fraction of sp³-hybridized carbons (Fsp3) is 1.00. The SMILES string of the molecule is CCN(CC)CCCC[SiH3]. The molecule has 0 fully saturated rings. The third-order valence-corrected chi connectivity index (χ3v) is 2.68. The smallest absolute Gasteiger partial charge is 0.00279 e. The van der Waals surface area contributed by atoms with E-state index in [0.717, 1.165) is 0 Å². The molecule has 0 amide bonds. The Hall–Kier alpha value is 0.177. The molecule has 62 valence electrons. The van der Waals surface area contributed by atoms with Crippen molar-refractivity contribution in [2.75, 3.05) is 19.6 Å². The summed E-state index contributed by atoms with van der Waals surface area (Å²) in [5.74, 6) is 0. The van der Waals surface area contributed by atoms with E-state index in [1.54, 1.807) is 0 Å². The molecule has 0 aliphatic carbocycles. The van der Waals surface area contributed by atoms with Gasteiger partial charge in [-0.25, -0.2) is 0 Å². The van der Waals surface area contributed by atoms with Crippen LogP contribution in [0.1, 0.15) is 26.7 Å². The van der Waals surface area contributed by atoms with Crippen LogP contribution in [0.25, 0.3) is 0 Å². The maximum absolute atomic E-state index is 2.50. The van der Waals surface area contributed by atoms with Crippen molar-refractivity contribution in [1.29, 1.82) is 0 Å². The van der Waals surface area contributed by atoms with Gasteiger partial charge < -0.3 is 4.90 Å². The summed E-state index contributed by atoms with van der Waals surface area (Å²) < 4.78 is 0. The average molecular weight is 159 g/mol. The molecule has 0 aromatic carbocycles. The highest BCUT2D eigenvalue weighted by Crippen LogP contribution is 1.96. The summed E-state index contributed by atoms with van der Waals surface area (Å²) in [7, 11) is 1.38. The third-order valence-electron chi connectivity index (χ3n) is 1.97. The molecule has 0 atom stereocenters. The molecular formula is C8H21NSi. The summed E-state index contributed by atoms with van der Waals surface area (Å²) in [6, 6.07) is 1.47. The van der Waals surface area contributed by atoms with E-state index in [-0.39, 0.29) is 0 Å². The summed E-state index contributed by atoms with van der Waals surface area (Å²) in [6.07, 6.45) is 2.86. The standard InChI is InChI=1S/C8H21NSi/c1-3-9(4-2)7-5-6-8-10/h3-8H2,1-2,10H3. The van der Waals surface area contributed by atoms with E-state index < -0.39 is 0 Å². The maximum atomic E-state index is 2.50. The second-order valence-corrected chi connectivity index (χ2v) is 3.73. The van der Waals surface area contributed by atoms with Crippen LogP contribution in [0.2, 0.25) is 6.04 Å². The van der Waals surface area contributed by atoms with Crippen molar-refractivity contribution in [2.45, 2.75) is 32.7 Å². The van der Waals surface area contributed by atoms with Crippen molar-refractivity contribution in [3.8, 4) is 0 Å². The van der Waals surface area contributed by atoms with Crippen molar-refractivity contribution in [3.63, 3.8) is 0 Å². The Morgan fingerprint density at radius 2 is 1.70 bits per heavy atom. The molecular weight excluding hydrogens is 138 g/mol. The van der Waals surface area contributed by atoms with Gasteiger partial charge in [-0.15, -0.1) is 0 Å². The van der Waals surface area contributed by atoms with Gasteiger partial charge in [-0.1, -0.05) is 26.3 Å². The van der Waals surface area contributed by atoms with Gasteiger partial charge in [0.25, 0.3) is 0 Å². The molecule has 0 saturated heterocycles. The van der Waals surface area contributed by atoms with Crippen LogP contribution in [0.5, 0.6) is 0 Å². The summed E-state index contributed by atoms with van der Waals surface area (Å²) in [4.78, 5) is 2.50. The lowest BCUT2D eigenvalue weighted by molar-refractivity contribution is 0.299. The van der Waals surface area contributed by atoms with E-state index in [1.165, 1.54) is 48.8 Å². The van der Waals surface area contributed by atoms with Crippen LogP contribution in [0.3, 0.4) is 0 Å². The summed E-state index contributed by atoms with van der Waals surface area (Å²) in [6.45, 7) is 8.24. The zero-order chi connectivity index (χ0) is 7.82. The highest BCUT2D eigenvalue weighted by Gasteiger charge is 1.95. The number of hydrogen-bond donors (Lipinski definition) is 0. The summed E-state index contributed by atoms with van der Waals surface area (Å²) in [5.41, 5.74) is 0. The zero-order valence-corrected chi connectivity index (χ0v) is 9.69. The van der Waals surface area contributed by atoms with E-state index in [2.05, 4.69) is 18.7 Å². The Balaban J connectivity index is 3.09. The highest BCUT2D eigenvalue weighted by molar-refractivity contribution is 6.08. The molecule has 0 radical (unpaired) electrons. The third kappa shape index (κ3) is 5.00. The van der Waals surface area contributed by atoms with E-state index in [1.807, 2.05) is 0 Å². The van der Waals surface area contributed by atoms with E-state index in [9.17, 15) is 0 Å². The molecule has 0 aromatic heterocycles. The van der Waals surface area contributed by atoms with Gasteiger partial charge in [0, 0.05) is 10.2 Å². The molecule has 0 unspecified atom stereocenters. The first-order valence-corrected chi connectivity index (χ1v) is 5.98. The molecule has 0 saturated carbocycles. The predicted molar refractivity (Wildman–Crippen MR) is 51.8 cm³/mol. The van der Waals surface area contributed by atoms with E-state index >= 15 is 0 Å². The molecule has 0 N–H and O–H groups in total. The topological polar surface area (TPSA) is 3.24 Å². The molecule has 0 bridgehead atoms.